The molecule has 23 N–H and O–H groups in total. The summed E-state index contributed by atoms with van der Waals surface area (Å²) >= 11 is 2.11. The Kier molecular flexibility index (Phi) is 38.7. The number of primary amides is 2. The third-order valence-corrected chi connectivity index (χ3v) is 25.7. The number of carbonyl (C=O) groups excluding carboxylic acids is 17. The van der Waals surface area contributed by atoms with Gasteiger partial charge in [0.05, 0.1) is 38.3 Å². The Bertz CT molecular complexity index is 5150. The molecule has 3 saturated heterocycles. The number of aromatic amines is 2. The molecule has 1 unspecified atom stereocenters. The summed E-state index contributed by atoms with van der Waals surface area (Å²) < 4.78 is 0.814. The molecule has 45 heteroatoms. The van der Waals surface area contributed by atoms with Crippen LogP contribution in [0.2, 0.25) is 0 Å². The van der Waals surface area contributed by atoms with E-state index in [9.17, 15) is 68.1 Å². The van der Waals surface area contributed by atoms with Crippen molar-refractivity contribution in [3.8, 4) is 5.75 Å². The molecule has 3 fully saturated rings. The standard InChI is InChI=1S/C88H121N23O20S2/c1-7-9-22-66-80(124)99-57(21-15-31-94-88(91)92)76(120)106-65(75(119)96-41-72(90)116)45-132-46-73(117)98-60(34-49-27-29-53(114)30-28-49)83(127)107(4)48(3)74(118)102-62(38-71(89)115)85(129)110-32-16-24-67(110)82(126)101-59(37-52-40-93-47-97-52)78(122)105-64(43-113)86(130)111-33-17-25-68(111)81(125)100-58(35-50-39-95-56-20-13-11-18-54(50)56)77(121)104-63(42-112)79(123)103-61(36-51-44-133-70-26-14-12-19-55(51)70)84(128)109(6)69(23-10-8-2)87(131)108(66)5/h11-14,18-20,26-30,39-40,44,47-48,57-69,95,112-114H,7-10,15-17,21-25,31-38,41-43,45-46H2,1-6H3,(H2,89,115)(H2,90,116)(H,93,97)(H,96,119)(H,98,117)(H,99,124)(H,100,125)(H,101,126)(H,102,118)(H,103,123)(H,104,121)(H,105,122)(H,106,120)(H4,91,92,94)/t48-,57-,58-,59-,60-,61-,62-,63-,64-,65?,66-,67-,68-,69-/m0/s1. The number of hydrogen-bond donors (Lipinski definition) is 20. The van der Waals surface area contributed by atoms with Crippen molar-refractivity contribution in [3.63, 3.8) is 0 Å². The predicted molar refractivity (Wildman–Crippen MR) is 490 cm³/mol. The minimum Gasteiger partial charge on any atom is -0.508 e. The van der Waals surface area contributed by atoms with Gasteiger partial charge in [-0.15, -0.1) is 23.1 Å². The number of aromatic nitrogens is 3. The molecule has 3 aromatic carbocycles. The zero-order valence-electron chi connectivity index (χ0n) is 75.0. The number of guanidine groups is 1. The van der Waals surface area contributed by atoms with Gasteiger partial charge in [-0.25, -0.2) is 4.98 Å². The van der Waals surface area contributed by atoms with Crippen LogP contribution in [0.3, 0.4) is 0 Å². The number of H-pyrrole nitrogens is 2. The third-order valence-electron chi connectivity index (χ3n) is 23.7. The summed E-state index contributed by atoms with van der Waals surface area (Å²) in [5.74, 6) is -17.8. The first-order chi connectivity index (χ1) is 63.5. The summed E-state index contributed by atoms with van der Waals surface area (Å²) in [7, 11) is 3.91. The first kappa shape index (κ1) is 103. The second-order valence-electron chi connectivity index (χ2n) is 33.2. The topological polar surface area (TPSA) is 646 Å². The lowest BCUT2D eigenvalue weighted by molar-refractivity contribution is -0.149. The fourth-order valence-corrected chi connectivity index (χ4v) is 18.0. The monoisotopic (exact) mass is 1880 g/mol. The maximum absolute atomic E-state index is 15.7. The van der Waals surface area contributed by atoms with Crippen molar-refractivity contribution in [1.82, 2.24) is 97.9 Å². The number of thiophene rings is 1. The van der Waals surface area contributed by atoms with E-state index < -0.39 is 229 Å². The van der Waals surface area contributed by atoms with Crippen LogP contribution in [0.25, 0.3) is 21.0 Å². The highest BCUT2D eigenvalue weighted by Crippen LogP contribution is 2.30. The number of imidazole rings is 1. The number of phenolic OH excluding ortho intramolecular Hbond substituents is 1. The lowest BCUT2D eigenvalue weighted by atomic mass is 10.00. The first-order valence-corrected chi connectivity index (χ1v) is 46.2. The van der Waals surface area contributed by atoms with E-state index in [1.54, 1.807) is 41.9 Å². The van der Waals surface area contributed by atoms with Gasteiger partial charge in [-0.2, -0.15) is 0 Å². The number of nitrogens with zero attached hydrogens (tertiary/aromatic N) is 6. The molecule has 0 radical (unpaired) electrons. The molecule has 6 aromatic rings. The van der Waals surface area contributed by atoms with Crippen LogP contribution < -0.4 is 75.7 Å². The number of hydrogen-bond acceptors (Lipinski definition) is 24. The van der Waals surface area contributed by atoms with Gasteiger partial charge in [-0.3, -0.25) is 86.9 Å². The Morgan fingerprint density at radius 2 is 1.07 bits per heavy atom. The molecule has 43 nitrogen and oxygen atoms in total. The van der Waals surface area contributed by atoms with Crippen LogP contribution in [0.4, 0.5) is 0 Å². The number of aliphatic hydroxyl groups is 2. The second-order valence-corrected chi connectivity index (χ2v) is 35.2. The van der Waals surface area contributed by atoms with Gasteiger partial charge in [-0.05, 0) is 110 Å². The molecule has 0 bridgehead atoms. The predicted octanol–water partition coefficient (Wildman–Crippen LogP) is -3.22. The summed E-state index contributed by atoms with van der Waals surface area (Å²) in [5, 5.41) is 72.1. The summed E-state index contributed by atoms with van der Waals surface area (Å²) in [5.41, 5.74) is 19.2. The number of phenols is 1. The fraction of sp³-hybridized carbons (Fsp3) is 0.511. The minimum atomic E-state index is -1.86. The Morgan fingerprint density at radius 1 is 0.526 bits per heavy atom. The minimum absolute atomic E-state index is 0.000426. The van der Waals surface area contributed by atoms with Gasteiger partial charge in [-0.1, -0.05) is 88.1 Å². The highest BCUT2D eigenvalue weighted by molar-refractivity contribution is 8.00. The Morgan fingerprint density at radius 3 is 1.68 bits per heavy atom. The van der Waals surface area contributed by atoms with E-state index in [1.165, 1.54) is 76.2 Å². The van der Waals surface area contributed by atoms with Crippen molar-refractivity contribution in [2.24, 2.45) is 17.2 Å². The summed E-state index contributed by atoms with van der Waals surface area (Å²) in [4.78, 5) is 264. The number of amides is 17. The average molecular weight is 1890 g/mol. The molecular formula is C88H121N23O20S2. The number of carbonyl (C=O) groups is 17. The van der Waals surface area contributed by atoms with E-state index in [-0.39, 0.29) is 108 Å². The quantitative estimate of drug-likeness (QED) is 0.0152. The number of unbranched alkanes of at least 4 members (excludes halogenated alkanes) is 2. The molecule has 0 aliphatic carbocycles. The van der Waals surface area contributed by atoms with Gasteiger partial charge < -0.3 is 125 Å². The van der Waals surface area contributed by atoms with Crippen molar-refractivity contribution < 1.29 is 96.8 Å². The highest BCUT2D eigenvalue weighted by atomic mass is 32.2. The number of fused-ring (bicyclic) bond motifs is 4. The Balaban J connectivity index is 1.09. The maximum Gasteiger partial charge on any atom is 0.248 e. The molecule has 17 amide bonds. The molecule has 3 aliphatic heterocycles. The molecule has 3 aromatic heterocycles. The zero-order valence-corrected chi connectivity index (χ0v) is 76.6. The molecule has 0 saturated carbocycles. The zero-order chi connectivity index (χ0) is 96.9. The van der Waals surface area contributed by atoms with E-state index in [0.29, 0.717) is 58.7 Å². The number of benzene rings is 3. The maximum atomic E-state index is 15.7. The molecule has 0 spiro atoms. The Hall–Kier alpha value is -13.3. The largest absolute Gasteiger partial charge is 0.508 e. The average Bonchev–Trinajstić information content (AvgIpc) is 1.78. The van der Waals surface area contributed by atoms with Crippen LogP contribution in [0.1, 0.15) is 127 Å². The Labute approximate surface area is 775 Å². The summed E-state index contributed by atoms with van der Waals surface area (Å²) in [6.45, 7) is 1.82. The first-order valence-electron chi connectivity index (χ1n) is 44.1. The highest BCUT2D eigenvalue weighted by Gasteiger charge is 2.46. The molecule has 3 aliphatic rings. The van der Waals surface area contributed by atoms with Crippen LogP contribution in [0, 0.1) is 5.41 Å². The van der Waals surface area contributed by atoms with Crippen LogP contribution in [0.5, 0.6) is 5.75 Å². The molecule has 9 rings (SSSR count). The van der Waals surface area contributed by atoms with Crippen LogP contribution in [-0.4, -0.2) is 318 Å². The summed E-state index contributed by atoms with van der Waals surface area (Å²) in [6.07, 6.45) is 4.08. The van der Waals surface area contributed by atoms with Crippen molar-refractivity contribution >= 4 is 150 Å². The fourth-order valence-electron chi connectivity index (χ4n) is 16.2. The number of likely N-dealkylation sites (N-methyl/N-ethyl adjacent to an activating group) is 3. The number of aromatic hydroxyl groups is 1. The van der Waals surface area contributed by atoms with E-state index in [0.717, 1.165) is 41.0 Å². The normalized spacial score (nSPS) is 24.3. The van der Waals surface area contributed by atoms with E-state index in [4.69, 9.17) is 22.6 Å². The van der Waals surface area contributed by atoms with Crippen molar-refractivity contribution in [1.29, 1.82) is 5.41 Å². The number of thioether (sulfide) groups is 1. The van der Waals surface area contributed by atoms with E-state index in [2.05, 4.69) is 73.4 Å². The van der Waals surface area contributed by atoms with Gasteiger partial charge in [0.1, 0.15) is 90.3 Å². The smallest absolute Gasteiger partial charge is 0.248 e. The number of aliphatic hydroxyl groups excluding tert-OH is 2. The number of para-hydroxylation sites is 1. The van der Waals surface area contributed by atoms with Crippen molar-refractivity contribution in [2.45, 2.75) is 215 Å². The van der Waals surface area contributed by atoms with Gasteiger partial charge in [0, 0.05) is 106 Å². The lowest BCUT2D eigenvalue weighted by Gasteiger charge is -2.36. The van der Waals surface area contributed by atoms with E-state index in [1.807, 2.05) is 32.0 Å². The van der Waals surface area contributed by atoms with Gasteiger partial charge >= 0.3 is 0 Å². The van der Waals surface area contributed by atoms with Crippen molar-refractivity contribution in [3.05, 3.63) is 119 Å². The molecule has 14 atom stereocenters. The SMILES string of the molecule is CCCC[C@H]1C(=O)N(C)[C@@H](CCCC)C(=O)N[C@@H](CCCNC(=N)N)C(=O)NC(C(=O)NCC(N)=O)CSCC(=O)N[C@@H](Cc2ccc(O)cc2)C(=O)N(C)[C@@H](C)C(=O)N[C@@H](CC(N)=O)C(=O)N2CCC[C@H]2C(=O)N[C@@H](Cc2cnc[nH]2)C(=O)N[C@@H](CO)C(=O)N2CCC[C@H]2C(=O)N[C@@H](Cc2c[nH]c3ccccc23)C(=O)N[C@@H](CO)C(=O)N[C@@H](Cc2csc3ccccc23)C(=O)N1C. The number of rotatable bonds is 25. The molecular weight excluding hydrogens is 1760 g/mol. The number of nitrogens with two attached hydrogens (primary N) is 3. The van der Waals surface area contributed by atoms with E-state index >= 15 is 28.8 Å². The summed E-state index contributed by atoms with van der Waals surface area (Å²) in [6, 6.07) is -2.13. The molecule has 720 valence electrons. The number of nitrogens with one attached hydrogen (secondary N) is 14. The lowest BCUT2D eigenvalue weighted by Crippen LogP contribution is -2.62. The van der Waals surface area contributed by atoms with Crippen LogP contribution >= 0.6 is 23.1 Å². The second kappa shape index (κ2) is 49.8. The van der Waals surface area contributed by atoms with Crippen molar-refractivity contribution in [2.75, 3.05) is 72.0 Å². The van der Waals surface area contributed by atoms with Crippen LogP contribution in [0.15, 0.2) is 96.9 Å². The van der Waals surface area contributed by atoms with Gasteiger partial charge in [0.15, 0.2) is 5.96 Å². The van der Waals surface area contributed by atoms with Gasteiger partial charge in [0.2, 0.25) is 100 Å². The molecule has 133 heavy (non-hydrogen) atoms. The van der Waals surface area contributed by atoms with Gasteiger partial charge in [0.25, 0.3) is 0 Å². The molecule has 6 heterocycles. The van der Waals surface area contributed by atoms with Crippen LogP contribution in [-0.2, 0) is 107 Å². The third kappa shape index (κ3) is 28.6.